The van der Waals surface area contributed by atoms with Crippen LogP contribution >= 0.6 is 0 Å². The van der Waals surface area contributed by atoms with Crippen LogP contribution < -0.4 is 5.32 Å². The van der Waals surface area contributed by atoms with Crippen LogP contribution in [0.15, 0.2) is 24.3 Å². The van der Waals surface area contributed by atoms with Crippen LogP contribution in [0.2, 0.25) is 0 Å². The Morgan fingerprint density at radius 1 is 1.42 bits per heavy atom. The van der Waals surface area contributed by atoms with Crippen molar-refractivity contribution in [2.75, 3.05) is 11.9 Å². The van der Waals surface area contributed by atoms with Gasteiger partial charge in [-0.2, -0.15) is 5.10 Å². The molecule has 0 saturated carbocycles. The van der Waals surface area contributed by atoms with Crippen LogP contribution in [-0.4, -0.2) is 22.4 Å². The fourth-order valence-electron chi connectivity index (χ4n) is 3.44. The van der Waals surface area contributed by atoms with E-state index in [-0.39, 0.29) is 17.6 Å². The van der Waals surface area contributed by atoms with Gasteiger partial charge in [-0.05, 0) is 46.6 Å². The number of hydrogen-bond donors (Lipinski definition) is 1. The van der Waals surface area contributed by atoms with Crippen LogP contribution in [0, 0.1) is 13.8 Å². The molecule has 3 rings (SSSR count). The SMILES string of the molecule is CCOC(=O)c1c(C)nn2c1NC(c1cccc(C)c1)CC2(C)C. The lowest BCUT2D eigenvalue weighted by Gasteiger charge is -2.38. The van der Waals surface area contributed by atoms with E-state index in [1.807, 2.05) is 18.5 Å². The van der Waals surface area contributed by atoms with E-state index in [0.29, 0.717) is 17.9 Å². The molecule has 1 unspecified atom stereocenters. The smallest absolute Gasteiger partial charge is 0.343 e. The van der Waals surface area contributed by atoms with Gasteiger partial charge in [0.1, 0.15) is 11.4 Å². The molecule has 0 bridgehead atoms. The number of nitrogens with one attached hydrogen (secondary N) is 1. The van der Waals surface area contributed by atoms with Gasteiger partial charge < -0.3 is 10.1 Å². The third-order valence-electron chi connectivity index (χ3n) is 4.57. The summed E-state index contributed by atoms with van der Waals surface area (Å²) in [5, 5.41) is 8.13. The topological polar surface area (TPSA) is 56.1 Å². The molecule has 0 spiro atoms. The minimum atomic E-state index is -0.315. The molecule has 2 heterocycles. The van der Waals surface area contributed by atoms with Gasteiger partial charge in [0.2, 0.25) is 0 Å². The first-order valence-corrected chi connectivity index (χ1v) is 8.44. The van der Waals surface area contributed by atoms with Crippen molar-refractivity contribution in [1.82, 2.24) is 9.78 Å². The molecule has 24 heavy (non-hydrogen) atoms. The Morgan fingerprint density at radius 3 is 2.83 bits per heavy atom. The second kappa shape index (κ2) is 5.96. The van der Waals surface area contributed by atoms with E-state index in [1.54, 1.807) is 0 Å². The third kappa shape index (κ3) is 2.79. The molecule has 1 aromatic heterocycles. The highest BCUT2D eigenvalue weighted by Crippen LogP contribution is 2.41. The molecule has 0 saturated heterocycles. The summed E-state index contributed by atoms with van der Waals surface area (Å²) in [7, 11) is 0. The standard InChI is InChI=1S/C19H25N3O2/c1-6-24-18(23)16-13(3)21-22-17(16)20-15(11-19(22,4)5)14-9-7-8-12(2)10-14/h7-10,15,20H,6,11H2,1-5H3. The number of hydrogen-bond acceptors (Lipinski definition) is 4. The molecular weight excluding hydrogens is 302 g/mol. The number of esters is 1. The summed E-state index contributed by atoms with van der Waals surface area (Å²) < 4.78 is 7.16. The number of nitrogens with zero attached hydrogens (tertiary/aromatic N) is 2. The first-order valence-electron chi connectivity index (χ1n) is 8.44. The van der Waals surface area contributed by atoms with Crippen LogP contribution in [-0.2, 0) is 10.3 Å². The minimum absolute atomic E-state index is 0.136. The van der Waals surface area contributed by atoms with Gasteiger partial charge in [-0.15, -0.1) is 0 Å². The zero-order valence-electron chi connectivity index (χ0n) is 15.0. The van der Waals surface area contributed by atoms with E-state index >= 15 is 0 Å². The molecule has 128 valence electrons. The van der Waals surface area contributed by atoms with Gasteiger partial charge in [0, 0.05) is 0 Å². The van der Waals surface area contributed by atoms with Crippen molar-refractivity contribution in [3.05, 3.63) is 46.6 Å². The molecule has 5 nitrogen and oxygen atoms in total. The van der Waals surface area contributed by atoms with Crippen molar-refractivity contribution in [2.45, 2.75) is 52.6 Å². The van der Waals surface area contributed by atoms with Gasteiger partial charge in [-0.1, -0.05) is 29.8 Å². The molecule has 0 amide bonds. The summed E-state index contributed by atoms with van der Waals surface area (Å²) in [6, 6.07) is 8.62. The number of ether oxygens (including phenoxy) is 1. The Balaban J connectivity index is 2.06. The number of anilines is 1. The Morgan fingerprint density at radius 2 is 2.17 bits per heavy atom. The summed E-state index contributed by atoms with van der Waals surface area (Å²) in [6.07, 6.45) is 0.896. The van der Waals surface area contributed by atoms with Gasteiger partial charge in [-0.25, -0.2) is 9.48 Å². The van der Waals surface area contributed by atoms with Gasteiger partial charge in [0.05, 0.1) is 23.9 Å². The lowest BCUT2D eigenvalue weighted by molar-refractivity contribution is 0.0526. The number of benzene rings is 1. The molecule has 1 N–H and O–H groups in total. The zero-order valence-corrected chi connectivity index (χ0v) is 15.0. The van der Waals surface area contributed by atoms with Crippen LogP contribution in [0.5, 0.6) is 0 Å². The fraction of sp³-hybridized carbons (Fsp3) is 0.474. The number of aryl methyl sites for hydroxylation is 2. The molecule has 0 radical (unpaired) electrons. The second-order valence-corrected chi connectivity index (χ2v) is 7.07. The third-order valence-corrected chi connectivity index (χ3v) is 4.57. The van der Waals surface area contributed by atoms with Crippen molar-refractivity contribution in [2.24, 2.45) is 0 Å². The molecular formula is C19H25N3O2. The van der Waals surface area contributed by atoms with E-state index in [0.717, 1.165) is 12.2 Å². The van der Waals surface area contributed by atoms with Crippen molar-refractivity contribution in [3.63, 3.8) is 0 Å². The van der Waals surface area contributed by atoms with Crippen LogP contribution in [0.25, 0.3) is 0 Å². The molecule has 1 aromatic carbocycles. The average Bonchev–Trinajstić information content (AvgIpc) is 2.84. The van der Waals surface area contributed by atoms with E-state index in [9.17, 15) is 4.79 Å². The summed E-state index contributed by atoms with van der Waals surface area (Å²) >= 11 is 0. The summed E-state index contributed by atoms with van der Waals surface area (Å²) in [5.74, 6) is 0.443. The van der Waals surface area contributed by atoms with Gasteiger partial charge in [-0.3, -0.25) is 0 Å². The molecule has 1 aliphatic heterocycles. The van der Waals surface area contributed by atoms with Crippen LogP contribution in [0.1, 0.15) is 60.4 Å². The lowest BCUT2D eigenvalue weighted by atomic mass is 9.88. The van der Waals surface area contributed by atoms with Crippen molar-refractivity contribution >= 4 is 11.8 Å². The fourth-order valence-corrected chi connectivity index (χ4v) is 3.44. The van der Waals surface area contributed by atoms with Gasteiger partial charge in [0.15, 0.2) is 0 Å². The Bertz CT molecular complexity index is 777. The highest BCUT2D eigenvalue weighted by molar-refractivity contribution is 5.96. The zero-order chi connectivity index (χ0) is 17.5. The Labute approximate surface area is 143 Å². The lowest BCUT2D eigenvalue weighted by Crippen LogP contribution is -2.38. The molecule has 0 aliphatic carbocycles. The maximum Gasteiger partial charge on any atom is 0.343 e. The minimum Gasteiger partial charge on any atom is -0.462 e. The van der Waals surface area contributed by atoms with Crippen molar-refractivity contribution in [1.29, 1.82) is 0 Å². The van der Waals surface area contributed by atoms with Crippen molar-refractivity contribution in [3.8, 4) is 0 Å². The van der Waals surface area contributed by atoms with E-state index < -0.39 is 0 Å². The molecule has 2 aromatic rings. The Hall–Kier alpha value is -2.30. The average molecular weight is 327 g/mol. The maximum absolute atomic E-state index is 12.4. The number of fused-ring (bicyclic) bond motifs is 1. The monoisotopic (exact) mass is 327 g/mol. The number of carbonyl (C=O) groups excluding carboxylic acids is 1. The highest BCUT2D eigenvalue weighted by Gasteiger charge is 2.38. The first-order chi connectivity index (χ1) is 11.3. The first kappa shape index (κ1) is 16.6. The van der Waals surface area contributed by atoms with Gasteiger partial charge in [0.25, 0.3) is 0 Å². The highest BCUT2D eigenvalue weighted by atomic mass is 16.5. The molecule has 1 atom stereocenters. The maximum atomic E-state index is 12.4. The second-order valence-electron chi connectivity index (χ2n) is 7.07. The van der Waals surface area contributed by atoms with E-state index in [2.05, 4.69) is 55.5 Å². The quantitative estimate of drug-likeness (QED) is 0.867. The summed E-state index contributed by atoms with van der Waals surface area (Å²) in [4.78, 5) is 12.4. The van der Waals surface area contributed by atoms with E-state index in [1.165, 1.54) is 11.1 Å². The van der Waals surface area contributed by atoms with Crippen LogP contribution in [0.3, 0.4) is 0 Å². The largest absolute Gasteiger partial charge is 0.462 e. The summed E-state index contributed by atoms with van der Waals surface area (Å²) in [6.45, 7) is 10.4. The van der Waals surface area contributed by atoms with Crippen LogP contribution in [0.4, 0.5) is 5.82 Å². The van der Waals surface area contributed by atoms with Crippen molar-refractivity contribution < 1.29 is 9.53 Å². The normalized spacial score (nSPS) is 18.6. The number of aromatic nitrogens is 2. The molecule has 1 aliphatic rings. The molecule has 0 fully saturated rings. The van der Waals surface area contributed by atoms with E-state index in [4.69, 9.17) is 4.74 Å². The predicted octanol–water partition coefficient (Wildman–Crippen LogP) is 3.97. The Kier molecular flexibility index (Phi) is 4.11. The predicted molar refractivity (Wildman–Crippen MR) is 94.4 cm³/mol. The van der Waals surface area contributed by atoms with Gasteiger partial charge >= 0.3 is 5.97 Å². The molecule has 5 heteroatoms. The number of carbonyl (C=O) groups is 1. The number of rotatable bonds is 3. The summed E-state index contributed by atoms with van der Waals surface area (Å²) in [5.41, 5.74) is 3.51.